The molecule has 25 heavy (non-hydrogen) atoms. The monoisotopic (exact) mass is 375 g/mol. The third-order valence-electron chi connectivity index (χ3n) is 3.85. The summed E-state index contributed by atoms with van der Waals surface area (Å²) in [6.45, 7) is 5.52. The van der Waals surface area contributed by atoms with Gasteiger partial charge in [0.15, 0.2) is 5.82 Å². The largest absolute Gasteiger partial charge is 0.276 e. The van der Waals surface area contributed by atoms with Crippen molar-refractivity contribution in [3.8, 4) is 11.3 Å². The molecule has 0 unspecified atom stereocenters. The quantitative estimate of drug-likeness (QED) is 0.707. The molecule has 2 N–H and O–H groups in total. The van der Waals surface area contributed by atoms with Crippen LogP contribution in [0.4, 0.5) is 5.82 Å². The Balaban J connectivity index is 1.91. The summed E-state index contributed by atoms with van der Waals surface area (Å²) in [5.41, 5.74) is 4.01. The predicted molar refractivity (Wildman–Crippen MR) is 100 cm³/mol. The number of aromatic nitrogens is 2. The molecule has 0 atom stereocenters. The van der Waals surface area contributed by atoms with Crippen molar-refractivity contribution in [1.82, 2.24) is 10.2 Å². The molecule has 0 bridgehead atoms. The zero-order valence-electron chi connectivity index (χ0n) is 14.1. The Labute approximate surface area is 152 Å². The van der Waals surface area contributed by atoms with Crippen LogP contribution in [0.2, 0.25) is 5.02 Å². The van der Waals surface area contributed by atoms with E-state index in [1.807, 2.05) is 31.2 Å². The number of aromatic amines is 1. The summed E-state index contributed by atoms with van der Waals surface area (Å²) in [6.07, 6.45) is 0. The molecule has 0 aliphatic carbocycles. The van der Waals surface area contributed by atoms with Crippen LogP contribution in [0.3, 0.4) is 0 Å². The van der Waals surface area contributed by atoms with Gasteiger partial charge in [-0.1, -0.05) is 41.4 Å². The predicted octanol–water partition coefficient (Wildman–Crippen LogP) is 4.46. The van der Waals surface area contributed by atoms with Gasteiger partial charge in [-0.25, -0.2) is 8.42 Å². The zero-order chi connectivity index (χ0) is 18.2. The molecule has 5 nitrogen and oxygen atoms in total. The first-order chi connectivity index (χ1) is 11.8. The molecule has 3 rings (SSSR count). The van der Waals surface area contributed by atoms with Gasteiger partial charge in [0, 0.05) is 11.1 Å². The maximum atomic E-state index is 12.8. The number of nitrogens with zero attached hydrogens (tertiary/aromatic N) is 1. The molecular formula is C18H18ClN3O2S. The van der Waals surface area contributed by atoms with E-state index in [9.17, 15) is 8.42 Å². The van der Waals surface area contributed by atoms with E-state index in [2.05, 4.69) is 14.9 Å². The van der Waals surface area contributed by atoms with Gasteiger partial charge in [-0.3, -0.25) is 9.82 Å². The van der Waals surface area contributed by atoms with Gasteiger partial charge in [-0.05, 0) is 49.6 Å². The Morgan fingerprint density at radius 3 is 2.20 bits per heavy atom. The summed E-state index contributed by atoms with van der Waals surface area (Å²) >= 11 is 5.88. The van der Waals surface area contributed by atoms with Gasteiger partial charge in [0.25, 0.3) is 10.0 Å². The summed E-state index contributed by atoms with van der Waals surface area (Å²) in [5, 5.41) is 7.52. The van der Waals surface area contributed by atoms with Crippen molar-refractivity contribution in [2.45, 2.75) is 25.7 Å². The van der Waals surface area contributed by atoms with E-state index in [4.69, 9.17) is 11.6 Å². The SMILES string of the molecule is Cc1cc(C)c(S(=O)(=O)Nc2cc(-c3ccc(Cl)cc3)[nH]n2)c(C)c1. The zero-order valence-corrected chi connectivity index (χ0v) is 15.7. The lowest BCUT2D eigenvalue weighted by Crippen LogP contribution is -2.16. The van der Waals surface area contributed by atoms with Crippen molar-refractivity contribution in [3.63, 3.8) is 0 Å². The first-order valence-electron chi connectivity index (χ1n) is 7.68. The minimum absolute atomic E-state index is 0.240. The molecule has 0 saturated heterocycles. The third kappa shape index (κ3) is 3.70. The topological polar surface area (TPSA) is 74.8 Å². The first kappa shape index (κ1) is 17.5. The van der Waals surface area contributed by atoms with E-state index in [-0.39, 0.29) is 10.7 Å². The van der Waals surface area contributed by atoms with Crippen LogP contribution in [0.25, 0.3) is 11.3 Å². The van der Waals surface area contributed by atoms with Gasteiger partial charge >= 0.3 is 0 Å². The van der Waals surface area contributed by atoms with Gasteiger partial charge in [-0.2, -0.15) is 5.10 Å². The van der Waals surface area contributed by atoms with Crippen LogP contribution >= 0.6 is 11.6 Å². The van der Waals surface area contributed by atoms with Gasteiger partial charge < -0.3 is 0 Å². The van der Waals surface area contributed by atoms with Gasteiger partial charge in [0.1, 0.15) is 0 Å². The molecule has 1 heterocycles. The highest BCUT2D eigenvalue weighted by molar-refractivity contribution is 7.92. The van der Waals surface area contributed by atoms with Gasteiger partial charge in [0.2, 0.25) is 0 Å². The minimum Gasteiger partial charge on any atom is -0.276 e. The lowest BCUT2D eigenvalue weighted by molar-refractivity contribution is 0.599. The summed E-state index contributed by atoms with van der Waals surface area (Å²) in [7, 11) is -3.72. The average molecular weight is 376 g/mol. The maximum absolute atomic E-state index is 12.8. The molecule has 2 aromatic carbocycles. The number of nitrogens with one attached hydrogen (secondary N) is 2. The number of sulfonamides is 1. The second-order valence-electron chi connectivity index (χ2n) is 6.01. The summed E-state index contributed by atoms with van der Waals surface area (Å²) in [6, 6.07) is 12.6. The normalized spacial score (nSPS) is 11.5. The van der Waals surface area contributed by atoms with Crippen molar-refractivity contribution in [2.24, 2.45) is 0 Å². The molecule has 1 aromatic heterocycles. The Hall–Kier alpha value is -2.31. The van der Waals surface area contributed by atoms with Crippen LogP contribution in [0.5, 0.6) is 0 Å². The van der Waals surface area contributed by atoms with Crippen LogP contribution < -0.4 is 4.72 Å². The maximum Gasteiger partial charge on any atom is 0.263 e. The van der Waals surface area contributed by atoms with Crippen molar-refractivity contribution >= 4 is 27.4 Å². The van der Waals surface area contributed by atoms with E-state index in [1.165, 1.54) is 0 Å². The fourth-order valence-electron chi connectivity index (χ4n) is 2.93. The Morgan fingerprint density at radius 1 is 1.00 bits per heavy atom. The van der Waals surface area contributed by atoms with Crippen LogP contribution in [-0.2, 0) is 10.0 Å². The van der Waals surface area contributed by atoms with E-state index < -0.39 is 10.0 Å². The van der Waals surface area contributed by atoms with Crippen LogP contribution in [-0.4, -0.2) is 18.6 Å². The molecule has 3 aromatic rings. The number of hydrogen-bond donors (Lipinski definition) is 2. The number of benzene rings is 2. The van der Waals surface area contributed by atoms with Crippen LogP contribution in [0, 0.1) is 20.8 Å². The smallest absolute Gasteiger partial charge is 0.263 e. The van der Waals surface area contributed by atoms with Crippen LogP contribution in [0.1, 0.15) is 16.7 Å². The number of H-pyrrole nitrogens is 1. The molecule has 0 aliphatic heterocycles. The number of anilines is 1. The van der Waals surface area contributed by atoms with Crippen molar-refractivity contribution in [1.29, 1.82) is 0 Å². The third-order valence-corrected chi connectivity index (χ3v) is 5.76. The standard InChI is InChI=1S/C18H18ClN3O2S/c1-11-8-12(2)18(13(3)9-11)25(23,24)22-17-10-16(20-21-17)14-4-6-15(19)7-5-14/h4-10H,1-3H3,(H2,20,21,22). The molecule has 130 valence electrons. The molecule has 0 spiro atoms. The second-order valence-corrected chi connectivity index (χ2v) is 8.06. The fraction of sp³-hybridized carbons (Fsp3) is 0.167. The minimum atomic E-state index is -3.72. The Morgan fingerprint density at radius 2 is 1.60 bits per heavy atom. The van der Waals surface area contributed by atoms with Crippen molar-refractivity contribution in [2.75, 3.05) is 4.72 Å². The van der Waals surface area contributed by atoms with E-state index in [0.29, 0.717) is 21.8 Å². The highest BCUT2D eigenvalue weighted by Crippen LogP contribution is 2.26. The lowest BCUT2D eigenvalue weighted by Gasteiger charge is -2.12. The number of rotatable bonds is 4. The molecule has 0 radical (unpaired) electrons. The molecular weight excluding hydrogens is 358 g/mol. The Kier molecular flexibility index (Phi) is 4.58. The van der Waals surface area contributed by atoms with E-state index in [1.54, 1.807) is 32.0 Å². The summed E-state index contributed by atoms with van der Waals surface area (Å²) in [4.78, 5) is 0.286. The fourth-order valence-corrected chi connectivity index (χ4v) is 4.50. The van der Waals surface area contributed by atoms with Gasteiger partial charge in [-0.15, -0.1) is 0 Å². The number of aryl methyl sites for hydroxylation is 3. The number of hydrogen-bond acceptors (Lipinski definition) is 3. The van der Waals surface area contributed by atoms with Crippen molar-refractivity contribution in [3.05, 3.63) is 64.2 Å². The Bertz CT molecular complexity index is 1000. The van der Waals surface area contributed by atoms with E-state index >= 15 is 0 Å². The molecule has 0 amide bonds. The van der Waals surface area contributed by atoms with Crippen molar-refractivity contribution < 1.29 is 8.42 Å². The first-order valence-corrected chi connectivity index (χ1v) is 9.54. The number of halogens is 1. The van der Waals surface area contributed by atoms with Gasteiger partial charge in [0.05, 0.1) is 10.6 Å². The molecule has 7 heteroatoms. The molecule has 0 aliphatic rings. The highest BCUT2D eigenvalue weighted by atomic mass is 35.5. The highest BCUT2D eigenvalue weighted by Gasteiger charge is 2.21. The molecule has 0 saturated carbocycles. The summed E-state index contributed by atoms with van der Waals surface area (Å²) < 4.78 is 28.1. The second kappa shape index (κ2) is 6.54. The van der Waals surface area contributed by atoms with Crippen LogP contribution in [0.15, 0.2) is 47.4 Å². The lowest BCUT2D eigenvalue weighted by atomic mass is 10.1. The average Bonchev–Trinajstić information content (AvgIpc) is 2.94. The summed E-state index contributed by atoms with van der Waals surface area (Å²) in [5.74, 6) is 0.240. The molecule has 0 fully saturated rings. The van der Waals surface area contributed by atoms with E-state index in [0.717, 1.165) is 11.1 Å².